The van der Waals surface area contributed by atoms with E-state index in [1.165, 1.54) is 50.9 Å². The number of carbonyl (C=O) groups is 2. The van der Waals surface area contributed by atoms with Gasteiger partial charge in [0.05, 0.1) is 27.8 Å². The molecule has 0 amide bonds. The van der Waals surface area contributed by atoms with Crippen molar-refractivity contribution in [2.75, 3.05) is 0 Å². The summed E-state index contributed by atoms with van der Waals surface area (Å²) in [5, 5.41) is 5.34. The summed E-state index contributed by atoms with van der Waals surface area (Å²) in [6, 6.07) is 14.1. The molecule has 0 atom stereocenters. The lowest BCUT2D eigenvalue weighted by Gasteiger charge is -2.17. The molecule has 0 N–H and O–H groups in total. The van der Waals surface area contributed by atoms with Gasteiger partial charge in [0, 0.05) is 40.2 Å². The zero-order valence-corrected chi connectivity index (χ0v) is 24.8. The minimum atomic E-state index is -0.688. The first-order chi connectivity index (χ1) is 19.6. The van der Waals surface area contributed by atoms with Crippen LogP contribution in [-0.4, -0.2) is 41.0 Å². The molecule has 5 rings (SSSR count). The monoisotopic (exact) mass is 604 g/mol. The Morgan fingerprint density at radius 3 is 2.51 bits per heavy atom. The molecule has 0 aliphatic carbocycles. The van der Waals surface area contributed by atoms with E-state index in [0.717, 1.165) is 4.88 Å². The number of rotatable bonds is 8. The highest BCUT2D eigenvalue weighted by Gasteiger charge is 2.27. The molecular formula is C29H25ClN6O3S2. The highest BCUT2D eigenvalue weighted by Crippen LogP contribution is 2.33. The Morgan fingerprint density at radius 1 is 1.02 bits per heavy atom. The van der Waals surface area contributed by atoms with Crippen molar-refractivity contribution >= 4 is 46.4 Å². The molecule has 12 heteroatoms. The standard InChI is InChI=1S/C29H25ClN6O3S2/c1-29(2,3)28(39)36-26(40-16-19-7-8-25(30)41-19)13-23(34-36)18-12-20(21-6-4-5-10-32-21)27(38)35(14-18)15-24(37)22-9-11-31-17-33-22/h4-14,17H,15-16H2,1-3H3. The van der Waals surface area contributed by atoms with Gasteiger partial charge in [-0.1, -0.05) is 38.4 Å². The first-order valence-corrected chi connectivity index (χ1v) is 14.8. The molecule has 0 bridgehead atoms. The lowest BCUT2D eigenvalue weighted by atomic mass is 9.96. The highest BCUT2D eigenvalue weighted by atomic mass is 35.5. The Hall–Kier alpha value is -3.93. The van der Waals surface area contributed by atoms with Crippen molar-refractivity contribution in [1.29, 1.82) is 0 Å². The van der Waals surface area contributed by atoms with E-state index >= 15 is 0 Å². The van der Waals surface area contributed by atoms with Crippen molar-refractivity contribution in [2.45, 2.75) is 38.1 Å². The topological polar surface area (TPSA) is 113 Å². The molecule has 0 radical (unpaired) electrons. The summed E-state index contributed by atoms with van der Waals surface area (Å²) in [4.78, 5) is 53.2. The fourth-order valence-corrected chi connectivity index (χ4v) is 6.06. The molecule has 5 aromatic heterocycles. The van der Waals surface area contributed by atoms with Crippen LogP contribution in [0.3, 0.4) is 0 Å². The van der Waals surface area contributed by atoms with Crippen LogP contribution in [0, 0.1) is 5.41 Å². The first-order valence-electron chi connectivity index (χ1n) is 12.6. The molecular weight excluding hydrogens is 580 g/mol. The normalized spacial score (nSPS) is 11.5. The molecule has 5 aromatic rings. The fourth-order valence-electron chi connectivity index (χ4n) is 3.94. The van der Waals surface area contributed by atoms with Crippen LogP contribution in [0.4, 0.5) is 0 Å². The van der Waals surface area contributed by atoms with Crippen molar-refractivity contribution in [3.63, 3.8) is 0 Å². The van der Waals surface area contributed by atoms with Crippen LogP contribution in [0.25, 0.3) is 22.5 Å². The van der Waals surface area contributed by atoms with Gasteiger partial charge >= 0.3 is 0 Å². The number of thioether (sulfide) groups is 1. The first kappa shape index (κ1) is 28.6. The Kier molecular flexibility index (Phi) is 8.30. The number of aromatic nitrogens is 6. The number of ketones is 1. The summed E-state index contributed by atoms with van der Waals surface area (Å²) in [7, 11) is 0. The third kappa shape index (κ3) is 6.53. The second kappa shape index (κ2) is 11.9. The largest absolute Gasteiger partial charge is 0.306 e. The fraction of sp³-hybridized carbons (Fsp3) is 0.207. The number of pyridine rings is 2. The second-order valence-electron chi connectivity index (χ2n) is 10.1. The Balaban J connectivity index is 1.60. The molecule has 5 heterocycles. The van der Waals surface area contributed by atoms with Gasteiger partial charge in [-0.3, -0.25) is 19.4 Å². The Labute approximate surface area is 249 Å². The van der Waals surface area contributed by atoms with Crippen LogP contribution < -0.4 is 5.56 Å². The number of Topliss-reactive ketones (excluding diaryl/α,β-unsaturated/α-hetero) is 1. The van der Waals surface area contributed by atoms with E-state index in [-0.39, 0.29) is 29.5 Å². The summed E-state index contributed by atoms with van der Waals surface area (Å²) >= 11 is 9.06. The number of thiophene rings is 1. The average molecular weight is 605 g/mol. The zero-order valence-electron chi connectivity index (χ0n) is 22.4. The lowest BCUT2D eigenvalue weighted by molar-refractivity contribution is 0.0736. The van der Waals surface area contributed by atoms with Crippen LogP contribution in [0.5, 0.6) is 0 Å². The van der Waals surface area contributed by atoms with Crippen LogP contribution in [0.2, 0.25) is 4.34 Å². The zero-order chi connectivity index (χ0) is 29.1. The predicted molar refractivity (Wildman–Crippen MR) is 160 cm³/mol. The summed E-state index contributed by atoms with van der Waals surface area (Å²) in [6.07, 6.45) is 5.94. The molecule has 0 fully saturated rings. The maximum atomic E-state index is 13.5. The minimum Gasteiger partial charge on any atom is -0.306 e. The van der Waals surface area contributed by atoms with Crippen LogP contribution in [-0.2, 0) is 12.3 Å². The van der Waals surface area contributed by atoms with E-state index in [4.69, 9.17) is 11.6 Å². The Bertz CT molecular complexity index is 1780. The Morgan fingerprint density at radius 2 is 1.85 bits per heavy atom. The van der Waals surface area contributed by atoms with Crippen LogP contribution in [0.1, 0.15) is 40.9 Å². The van der Waals surface area contributed by atoms with Crippen molar-refractivity contribution < 1.29 is 9.59 Å². The van der Waals surface area contributed by atoms with Gasteiger partial charge in [0.25, 0.3) is 11.5 Å². The van der Waals surface area contributed by atoms with Gasteiger partial charge in [-0.2, -0.15) is 9.78 Å². The molecule has 0 saturated heterocycles. The van der Waals surface area contributed by atoms with Crippen molar-refractivity contribution in [3.05, 3.63) is 98.7 Å². The van der Waals surface area contributed by atoms with Gasteiger partial charge in [0.1, 0.15) is 17.0 Å². The number of halogens is 1. The van der Waals surface area contributed by atoms with E-state index in [9.17, 15) is 14.4 Å². The van der Waals surface area contributed by atoms with Gasteiger partial charge in [-0.15, -0.1) is 23.1 Å². The van der Waals surface area contributed by atoms with Gasteiger partial charge in [0.2, 0.25) is 5.78 Å². The van der Waals surface area contributed by atoms with Crippen molar-refractivity contribution in [3.8, 4) is 22.5 Å². The molecule has 0 aliphatic heterocycles. The summed E-state index contributed by atoms with van der Waals surface area (Å²) in [5.41, 5.74) is 0.923. The van der Waals surface area contributed by atoms with E-state index in [1.54, 1.807) is 36.7 Å². The van der Waals surface area contributed by atoms with Gasteiger partial charge in [0.15, 0.2) is 0 Å². The molecule has 41 heavy (non-hydrogen) atoms. The quantitative estimate of drug-likeness (QED) is 0.153. The predicted octanol–water partition coefficient (Wildman–Crippen LogP) is 6.14. The average Bonchev–Trinajstić information content (AvgIpc) is 3.58. The maximum absolute atomic E-state index is 13.5. The minimum absolute atomic E-state index is 0.173. The van der Waals surface area contributed by atoms with Crippen LogP contribution >= 0.6 is 34.7 Å². The van der Waals surface area contributed by atoms with Gasteiger partial charge < -0.3 is 4.57 Å². The van der Waals surface area contributed by atoms with Crippen LogP contribution in [0.15, 0.2) is 83.3 Å². The third-order valence-corrected chi connectivity index (χ3v) is 8.46. The van der Waals surface area contributed by atoms with Gasteiger partial charge in [-0.05, 0) is 42.5 Å². The van der Waals surface area contributed by atoms with E-state index < -0.39 is 5.41 Å². The number of hydrogen-bond acceptors (Lipinski definition) is 9. The SMILES string of the molecule is CC(C)(C)C(=O)n1nc(-c2cc(-c3ccccn3)c(=O)n(CC(=O)c3ccncn3)c2)cc1SCc1ccc(Cl)s1. The number of nitrogens with zero attached hydrogens (tertiary/aromatic N) is 6. The van der Waals surface area contributed by atoms with E-state index in [2.05, 4.69) is 20.1 Å². The maximum Gasteiger partial charge on any atom is 0.260 e. The molecule has 0 aliphatic rings. The highest BCUT2D eigenvalue weighted by molar-refractivity contribution is 7.98. The number of carbonyl (C=O) groups excluding carboxylic acids is 2. The van der Waals surface area contributed by atoms with E-state index in [1.807, 2.05) is 39.0 Å². The second-order valence-corrected chi connectivity index (χ2v) is 12.9. The number of hydrogen-bond donors (Lipinski definition) is 0. The molecule has 0 spiro atoms. The summed E-state index contributed by atoms with van der Waals surface area (Å²) < 4.78 is 3.44. The molecule has 0 aromatic carbocycles. The summed E-state index contributed by atoms with van der Waals surface area (Å²) in [5.74, 6) is 0.0806. The molecule has 9 nitrogen and oxygen atoms in total. The molecule has 208 valence electrons. The van der Waals surface area contributed by atoms with Gasteiger partial charge in [-0.25, -0.2) is 9.97 Å². The smallest absolute Gasteiger partial charge is 0.260 e. The third-order valence-electron chi connectivity index (χ3n) is 6.01. The van der Waals surface area contributed by atoms with Crippen molar-refractivity contribution in [2.24, 2.45) is 5.41 Å². The lowest BCUT2D eigenvalue weighted by Crippen LogP contribution is -2.28. The van der Waals surface area contributed by atoms with E-state index in [0.29, 0.717) is 37.6 Å². The summed E-state index contributed by atoms with van der Waals surface area (Å²) in [6.45, 7) is 5.26. The molecule has 0 unspecified atom stereocenters. The van der Waals surface area contributed by atoms with Crippen molar-refractivity contribution in [1.82, 2.24) is 29.3 Å². The molecule has 0 saturated carbocycles.